The third-order valence-electron chi connectivity index (χ3n) is 4.87. The standard InChI is InChI=1S/C13H14Cl2N2O2.C4H9N/c14-9-1-2-10(18)12(13(9)15)7-3-8-4-16-5-11(19)17(8)6-7;1-2-4-5-3-1/h1-2,7-8,16,18H,3-6H2;5H,1-4H2. The second-order valence-electron chi connectivity index (χ2n) is 6.51. The van der Waals surface area contributed by atoms with Crippen LogP contribution in [-0.2, 0) is 4.79 Å². The van der Waals surface area contributed by atoms with Crippen molar-refractivity contribution in [2.45, 2.75) is 31.2 Å². The summed E-state index contributed by atoms with van der Waals surface area (Å²) in [4.78, 5) is 13.7. The van der Waals surface area contributed by atoms with Crippen LogP contribution < -0.4 is 10.6 Å². The summed E-state index contributed by atoms with van der Waals surface area (Å²) >= 11 is 12.2. The van der Waals surface area contributed by atoms with Gasteiger partial charge in [0.2, 0.25) is 5.91 Å². The first-order valence-corrected chi connectivity index (χ1v) is 9.21. The third-order valence-corrected chi connectivity index (χ3v) is 5.68. The summed E-state index contributed by atoms with van der Waals surface area (Å²) in [5.41, 5.74) is 0.663. The lowest BCUT2D eigenvalue weighted by Crippen LogP contribution is -2.51. The molecule has 0 saturated carbocycles. The summed E-state index contributed by atoms with van der Waals surface area (Å²) < 4.78 is 0. The number of aromatic hydroxyl groups is 1. The molecule has 2 unspecified atom stereocenters. The number of piperazine rings is 1. The third kappa shape index (κ3) is 3.80. The Hall–Kier alpha value is -1.01. The minimum Gasteiger partial charge on any atom is -0.508 e. The molecule has 3 N–H and O–H groups in total. The number of hydrogen-bond acceptors (Lipinski definition) is 4. The lowest BCUT2D eigenvalue weighted by atomic mass is 9.95. The molecule has 0 aliphatic carbocycles. The molecule has 1 aromatic rings. The van der Waals surface area contributed by atoms with E-state index in [4.69, 9.17) is 23.2 Å². The fourth-order valence-corrected chi connectivity index (χ4v) is 4.12. The Morgan fingerprint density at radius 2 is 1.92 bits per heavy atom. The Bertz CT molecular complexity index is 600. The zero-order valence-electron chi connectivity index (χ0n) is 13.5. The number of phenolic OH excluding ortho intramolecular Hbond substituents is 1. The molecule has 3 aliphatic heterocycles. The molecular formula is C17H23Cl2N3O2. The summed E-state index contributed by atoms with van der Waals surface area (Å²) in [5, 5.41) is 17.2. The maximum Gasteiger partial charge on any atom is 0.236 e. The number of carbonyl (C=O) groups excluding carboxylic acids is 1. The van der Waals surface area contributed by atoms with Gasteiger partial charge in [0.15, 0.2) is 0 Å². The number of nitrogens with one attached hydrogen (secondary N) is 2. The van der Waals surface area contributed by atoms with E-state index in [-0.39, 0.29) is 23.6 Å². The second kappa shape index (κ2) is 7.91. The number of fused-ring (bicyclic) bond motifs is 1. The fourth-order valence-electron chi connectivity index (χ4n) is 3.64. The Balaban J connectivity index is 0.000000290. The van der Waals surface area contributed by atoms with Crippen molar-refractivity contribution in [2.24, 2.45) is 0 Å². The molecule has 1 amide bonds. The molecule has 3 aliphatic rings. The van der Waals surface area contributed by atoms with E-state index in [1.807, 2.05) is 4.90 Å². The number of hydrogen-bond donors (Lipinski definition) is 3. The monoisotopic (exact) mass is 371 g/mol. The molecule has 2 atom stereocenters. The minimum absolute atomic E-state index is 0.0417. The van der Waals surface area contributed by atoms with Gasteiger partial charge >= 0.3 is 0 Å². The molecule has 0 radical (unpaired) electrons. The highest BCUT2D eigenvalue weighted by molar-refractivity contribution is 6.42. The summed E-state index contributed by atoms with van der Waals surface area (Å²) in [5.74, 6) is 0.302. The first-order chi connectivity index (χ1) is 11.6. The first kappa shape index (κ1) is 17.8. The number of phenols is 1. The van der Waals surface area contributed by atoms with Crippen molar-refractivity contribution < 1.29 is 9.90 Å². The van der Waals surface area contributed by atoms with Gasteiger partial charge in [-0.3, -0.25) is 4.79 Å². The normalized spacial score (nSPS) is 26.1. The van der Waals surface area contributed by atoms with Crippen molar-refractivity contribution in [3.63, 3.8) is 0 Å². The number of amides is 1. The summed E-state index contributed by atoms with van der Waals surface area (Å²) in [6.45, 7) is 4.28. The Kier molecular flexibility index (Phi) is 5.87. The highest BCUT2D eigenvalue weighted by Gasteiger charge is 2.39. The lowest BCUT2D eigenvalue weighted by Gasteiger charge is -2.29. The van der Waals surface area contributed by atoms with E-state index in [1.165, 1.54) is 25.9 Å². The van der Waals surface area contributed by atoms with Gasteiger partial charge in [0, 0.05) is 30.6 Å². The van der Waals surface area contributed by atoms with Crippen molar-refractivity contribution in [3.8, 4) is 5.75 Å². The van der Waals surface area contributed by atoms with Crippen molar-refractivity contribution >= 4 is 29.1 Å². The van der Waals surface area contributed by atoms with E-state index >= 15 is 0 Å². The van der Waals surface area contributed by atoms with Crippen molar-refractivity contribution in [3.05, 3.63) is 27.7 Å². The SMILES string of the molecule is C1CCNC1.O=C1CNCC2CC(c3c(O)ccc(Cl)c3Cl)CN12. The topological polar surface area (TPSA) is 64.6 Å². The maximum atomic E-state index is 11.8. The van der Waals surface area contributed by atoms with Crippen LogP contribution in [0.5, 0.6) is 5.75 Å². The largest absolute Gasteiger partial charge is 0.508 e. The molecule has 132 valence electrons. The summed E-state index contributed by atoms with van der Waals surface area (Å²) in [6.07, 6.45) is 3.58. The number of benzene rings is 1. The molecule has 24 heavy (non-hydrogen) atoms. The van der Waals surface area contributed by atoms with Crippen LogP contribution in [0.25, 0.3) is 0 Å². The average Bonchev–Trinajstić information content (AvgIpc) is 3.24. The van der Waals surface area contributed by atoms with Crippen LogP contribution in [0.15, 0.2) is 12.1 Å². The van der Waals surface area contributed by atoms with Gasteiger partial charge in [0.05, 0.1) is 16.6 Å². The highest BCUT2D eigenvalue weighted by atomic mass is 35.5. The van der Waals surface area contributed by atoms with Crippen LogP contribution in [0.4, 0.5) is 0 Å². The molecule has 4 rings (SSSR count). The smallest absolute Gasteiger partial charge is 0.236 e. The predicted molar refractivity (Wildman–Crippen MR) is 96.0 cm³/mol. The zero-order chi connectivity index (χ0) is 17.1. The highest BCUT2D eigenvalue weighted by Crippen LogP contribution is 2.43. The first-order valence-electron chi connectivity index (χ1n) is 8.45. The zero-order valence-corrected chi connectivity index (χ0v) is 15.0. The molecule has 5 nitrogen and oxygen atoms in total. The Labute approximate surface area is 152 Å². The minimum atomic E-state index is 0.0417. The maximum absolute atomic E-state index is 11.8. The fraction of sp³-hybridized carbons (Fsp3) is 0.588. The van der Waals surface area contributed by atoms with Crippen molar-refractivity contribution in [2.75, 3.05) is 32.7 Å². The van der Waals surface area contributed by atoms with Gasteiger partial charge in [0.1, 0.15) is 5.75 Å². The summed E-state index contributed by atoms with van der Waals surface area (Å²) in [7, 11) is 0. The van der Waals surface area contributed by atoms with Gasteiger partial charge in [-0.2, -0.15) is 0 Å². The summed E-state index contributed by atoms with van der Waals surface area (Å²) in [6, 6.07) is 3.32. The van der Waals surface area contributed by atoms with Crippen LogP contribution in [0.3, 0.4) is 0 Å². The predicted octanol–water partition coefficient (Wildman–Crippen LogP) is 2.36. The van der Waals surface area contributed by atoms with Crippen LogP contribution in [0.2, 0.25) is 10.0 Å². The van der Waals surface area contributed by atoms with E-state index in [1.54, 1.807) is 12.1 Å². The van der Waals surface area contributed by atoms with Gasteiger partial charge in [0.25, 0.3) is 0 Å². The molecule has 0 bridgehead atoms. The van der Waals surface area contributed by atoms with Crippen molar-refractivity contribution in [1.82, 2.24) is 15.5 Å². The second-order valence-corrected chi connectivity index (χ2v) is 7.30. The van der Waals surface area contributed by atoms with Gasteiger partial charge in [-0.05, 0) is 44.5 Å². The number of nitrogens with zero attached hydrogens (tertiary/aromatic N) is 1. The number of rotatable bonds is 1. The Morgan fingerprint density at radius 1 is 1.17 bits per heavy atom. The molecule has 7 heteroatoms. The molecule has 3 saturated heterocycles. The van der Waals surface area contributed by atoms with Gasteiger partial charge in [-0.15, -0.1) is 0 Å². The van der Waals surface area contributed by atoms with E-state index in [0.717, 1.165) is 13.0 Å². The van der Waals surface area contributed by atoms with E-state index in [9.17, 15) is 9.90 Å². The Morgan fingerprint density at radius 3 is 2.54 bits per heavy atom. The van der Waals surface area contributed by atoms with Crippen LogP contribution >= 0.6 is 23.2 Å². The van der Waals surface area contributed by atoms with E-state index < -0.39 is 0 Å². The lowest BCUT2D eigenvalue weighted by molar-refractivity contribution is -0.133. The van der Waals surface area contributed by atoms with Gasteiger partial charge in [-0.25, -0.2) is 0 Å². The molecule has 0 spiro atoms. The number of carbonyl (C=O) groups is 1. The average molecular weight is 372 g/mol. The van der Waals surface area contributed by atoms with Gasteiger partial charge in [-0.1, -0.05) is 23.2 Å². The van der Waals surface area contributed by atoms with Crippen LogP contribution in [0, 0.1) is 0 Å². The molecule has 3 fully saturated rings. The molecular weight excluding hydrogens is 349 g/mol. The van der Waals surface area contributed by atoms with Crippen molar-refractivity contribution in [1.29, 1.82) is 0 Å². The molecule has 0 aromatic heterocycles. The quantitative estimate of drug-likeness (QED) is 0.708. The van der Waals surface area contributed by atoms with Crippen LogP contribution in [0.1, 0.15) is 30.7 Å². The number of halogens is 2. The molecule has 3 heterocycles. The van der Waals surface area contributed by atoms with E-state index in [0.29, 0.717) is 28.7 Å². The van der Waals surface area contributed by atoms with E-state index in [2.05, 4.69) is 10.6 Å². The van der Waals surface area contributed by atoms with Gasteiger partial charge < -0.3 is 20.6 Å². The molecule has 1 aromatic carbocycles. The van der Waals surface area contributed by atoms with Crippen LogP contribution in [-0.4, -0.2) is 54.7 Å².